The first-order valence-electron chi connectivity index (χ1n) is 15.5. The van der Waals surface area contributed by atoms with Gasteiger partial charge in [0.1, 0.15) is 5.75 Å². The molecule has 1 fully saturated rings. The molecule has 1 amide bonds. The molecule has 6 heteroatoms. The zero-order valence-electron chi connectivity index (χ0n) is 26.8. The van der Waals surface area contributed by atoms with Gasteiger partial charge in [-0.05, 0) is 139 Å². The smallest absolute Gasteiger partial charge is 0.550 e. The number of hydrogen-bond acceptors (Lipinski definition) is 4. The zero-order valence-corrected chi connectivity index (χ0v) is 28.8. The summed E-state index contributed by atoms with van der Waals surface area (Å²) in [7, 11) is 1.84. The summed E-state index contributed by atoms with van der Waals surface area (Å²) < 4.78 is 6.07. The molecule has 3 aromatic carbocycles. The summed E-state index contributed by atoms with van der Waals surface area (Å²) in [6.45, 7) is 9.70. The fourth-order valence-corrected chi connectivity index (χ4v) is 7.14. The molecule has 1 atom stereocenters. The van der Waals surface area contributed by atoms with Crippen LogP contribution in [-0.4, -0.2) is 37.0 Å². The quantitative estimate of drug-likeness (QED) is 0.240. The maximum absolute atomic E-state index is 11.8. The van der Waals surface area contributed by atoms with E-state index >= 15 is 0 Å². The largest absolute Gasteiger partial charge is 1.00 e. The number of ether oxygens (including phenoxy) is 1. The van der Waals surface area contributed by atoms with Crippen LogP contribution < -0.4 is 39.4 Å². The second kappa shape index (κ2) is 14.0. The molecular formula is C37H44NNaO4. The number of hydrogen-bond donors (Lipinski definition) is 0. The molecular weight excluding hydrogens is 545 g/mol. The first kappa shape index (κ1) is 33.3. The third-order valence-electron chi connectivity index (χ3n) is 9.67. The summed E-state index contributed by atoms with van der Waals surface area (Å²) in [5.74, 6) is 0.215. The second-order valence-electron chi connectivity index (χ2n) is 12.6. The molecule has 0 saturated heterocycles. The Bertz CT molecular complexity index is 1470. The Kier molecular flexibility index (Phi) is 10.8. The number of carbonyl (C=O) groups is 2. The number of benzene rings is 3. The molecule has 1 saturated carbocycles. The first-order chi connectivity index (χ1) is 20.1. The number of amides is 1. The molecule has 222 valence electrons. The van der Waals surface area contributed by atoms with Crippen LogP contribution in [0.3, 0.4) is 0 Å². The van der Waals surface area contributed by atoms with E-state index in [4.69, 9.17) is 4.74 Å². The van der Waals surface area contributed by atoms with Crippen LogP contribution in [0.5, 0.6) is 5.75 Å². The molecule has 0 bridgehead atoms. The third kappa shape index (κ3) is 7.38. The average molecular weight is 590 g/mol. The molecule has 0 radical (unpaired) electrons. The number of carboxylic acid groups (broad SMARTS) is 1. The Hall–Kier alpha value is -2.60. The Balaban J connectivity index is 0.00000423. The fraction of sp³-hybridized carbons (Fsp3) is 0.459. The van der Waals surface area contributed by atoms with Crippen molar-refractivity contribution in [1.82, 2.24) is 4.90 Å². The molecule has 0 aliphatic heterocycles. The Morgan fingerprint density at radius 2 is 1.74 bits per heavy atom. The number of carboxylic acids is 1. The first-order valence-corrected chi connectivity index (χ1v) is 15.5. The molecule has 2 aliphatic carbocycles. The van der Waals surface area contributed by atoms with E-state index in [1.54, 1.807) is 4.90 Å². The minimum Gasteiger partial charge on any atom is -0.550 e. The third-order valence-corrected chi connectivity index (χ3v) is 9.67. The van der Waals surface area contributed by atoms with Gasteiger partial charge in [-0.15, -0.1) is 0 Å². The van der Waals surface area contributed by atoms with Crippen molar-refractivity contribution >= 4 is 11.9 Å². The van der Waals surface area contributed by atoms with Crippen LogP contribution in [-0.2, 0) is 28.9 Å². The molecule has 43 heavy (non-hydrogen) atoms. The molecule has 0 aromatic heterocycles. The van der Waals surface area contributed by atoms with Gasteiger partial charge in [-0.2, -0.15) is 0 Å². The van der Waals surface area contributed by atoms with Crippen molar-refractivity contribution in [3.63, 3.8) is 0 Å². The molecule has 2 aliphatic rings. The maximum Gasteiger partial charge on any atom is 1.00 e. The molecule has 3 aromatic rings. The van der Waals surface area contributed by atoms with Gasteiger partial charge in [0.25, 0.3) is 0 Å². The summed E-state index contributed by atoms with van der Waals surface area (Å²) in [5.41, 5.74) is 11.7. The van der Waals surface area contributed by atoms with Gasteiger partial charge in [-0.3, -0.25) is 4.79 Å². The number of fused-ring (bicyclic) bond motifs is 1. The SMILES string of the molecule is CCC(=O)N(C)CCCOc1cc(C)c(-c2cccc(CCc3ccc4c(c3)CC3(CC3)C4CC(=O)[O-])c2C)c(C)c1.[Na+]. The summed E-state index contributed by atoms with van der Waals surface area (Å²) in [4.78, 5) is 24.9. The Morgan fingerprint density at radius 1 is 1.02 bits per heavy atom. The van der Waals surface area contributed by atoms with Gasteiger partial charge >= 0.3 is 29.6 Å². The molecule has 0 N–H and O–H groups in total. The van der Waals surface area contributed by atoms with Crippen LogP contribution in [0.2, 0.25) is 0 Å². The van der Waals surface area contributed by atoms with Gasteiger partial charge in [0.15, 0.2) is 0 Å². The molecule has 1 spiro atoms. The summed E-state index contributed by atoms with van der Waals surface area (Å²) in [6.07, 6.45) is 6.66. The van der Waals surface area contributed by atoms with Crippen molar-refractivity contribution in [2.75, 3.05) is 20.2 Å². The van der Waals surface area contributed by atoms with Crippen molar-refractivity contribution in [3.8, 4) is 16.9 Å². The van der Waals surface area contributed by atoms with Gasteiger partial charge in [0.2, 0.25) is 5.91 Å². The van der Waals surface area contributed by atoms with Crippen LogP contribution in [0.15, 0.2) is 48.5 Å². The van der Waals surface area contributed by atoms with E-state index in [1.165, 1.54) is 50.1 Å². The van der Waals surface area contributed by atoms with E-state index in [1.807, 2.05) is 14.0 Å². The molecule has 5 nitrogen and oxygen atoms in total. The van der Waals surface area contributed by atoms with Crippen molar-refractivity contribution < 1.29 is 49.0 Å². The predicted molar refractivity (Wildman–Crippen MR) is 166 cm³/mol. The minimum atomic E-state index is -0.934. The number of aryl methyl sites for hydroxylation is 4. The number of rotatable bonds is 12. The number of aliphatic carboxylic acids is 1. The van der Waals surface area contributed by atoms with Crippen molar-refractivity contribution in [2.24, 2.45) is 5.41 Å². The Morgan fingerprint density at radius 3 is 2.40 bits per heavy atom. The van der Waals surface area contributed by atoms with E-state index in [2.05, 4.69) is 69.3 Å². The van der Waals surface area contributed by atoms with E-state index in [0.717, 1.165) is 44.3 Å². The maximum atomic E-state index is 11.8. The standard InChI is InChI=1S/C37H45NO4.Na/c1-6-34(39)38(5)17-8-18-42-30-19-24(2)36(25(3)20-30)31-10-7-9-28(26(31)4)13-11-27-12-14-32-29(21-27)23-37(15-16-37)33(32)22-35(40)41;/h7,9-10,12,14,19-21,33H,6,8,11,13,15-18,22-23H2,1-5H3,(H,40,41);/q;+1/p-1. The minimum absolute atomic E-state index is 0. The summed E-state index contributed by atoms with van der Waals surface area (Å²) >= 11 is 0. The second-order valence-corrected chi connectivity index (χ2v) is 12.6. The van der Waals surface area contributed by atoms with Crippen LogP contribution in [0.25, 0.3) is 11.1 Å². The van der Waals surface area contributed by atoms with Crippen LogP contribution in [0.4, 0.5) is 0 Å². The normalized spacial score (nSPS) is 16.0. The number of nitrogens with zero attached hydrogens (tertiary/aromatic N) is 1. The van der Waals surface area contributed by atoms with E-state index < -0.39 is 5.97 Å². The van der Waals surface area contributed by atoms with Crippen LogP contribution >= 0.6 is 0 Å². The number of carbonyl (C=O) groups excluding carboxylic acids is 2. The van der Waals surface area contributed by atoms with Gasteiger partial charge in [0.05, 0.1) is 6.61 Å². The monoisotopic (exact) mass is 589 g/mol. The molecule has 1 unspecified atom stereocenters. The van der Waals surface area contributed by atoms with Gasteiger partial charge < -0.3 is 19.5 Å². The topological polar surface area (TPSA) is 69.7 Å². The van der Waals surface area contributed by atoms with E-state index in [9.17, 15) is 14.7 Å². The van der Waals surface area contributed by atoms with Crippen molar-refractivity contribution in [3.05, 3.63) is 87.5 Å². The molecule has 5 rings (SSSR count). The van der Waals surface area contributed by atoms with Crippen LogP contribution in [0.1, 0.15) is 83.9 Å². The fourth-order valence-electron chi connectivity index (χ4n) is 7.14. The Labute approximate surface area is 279 Å². The van der Waals surface area contributed by atoms with Gasteiger partial charge in [0, 0.05) is 26.0 Å². The average Bonchev–Trinajstić information content (AvgIpc) is 3.67. The van der Waals surface area contributed by atoms with Gasteiger partial charge in [-0.25, -0.2) is 0 Å². The van der Waals surface area contributed by atoms with Crippen molar-refractivity contribution in [1.29, 1.82) is 0 Å². The van der Waals surface area contributed by atoms with E-state index in [-0.39, 0.29) is 53.2 Å². The molecule has 0 heterocycles. The van der Waals surface area contributed by atoms with Crippen molar-refractivity contribution in [2.45, 2.75) is 85.0 Å². The summed E-state index contributed by atoms with van der Waals surface area (Å²) in [6, 6.07) is 17.6. The zero-order chi connectivity index (χ0) is 30.0. The predicted octanol–water partition coefficient (Wildman–Crippen LogP) is 3.27. The van der Waals surface area contributed by atoms with E-state index in [0.29, 0.717) is 19.6 Å². The van der Waals surface area contributed by atoms with Crippen LogP contribution in [0, 0.1) is 26.2 Å². The van der Waals surface area contributed by atoms with Gasteiger partial charge in [-0.1, -0.05) is 43.3 Å². The summed E-state index contributed by atoms with van der Waals surface area (Å²) in [5, 5.41) is 11.4.